The molecule has 0 unspecified atom stereocenters. The van der Waals surface area contributed by atoms with Crippen molar-refractivity contribution < 1.29 is 0 Å². The first-order chi connectivity index (χ1) is 9.24. The van der Waals surface area contributed by atoms with Crippen LogP contribution in [0.4, 0.5) is 5.82 Å². The number of hydrogen-bond acceptors (Lipinski definition) is 3. The Labute approximate surface area is 116 Å². The molecule has 4 heteroatoms. The van der Waals surface area contributed by atoms with Crippen LogP contribution in [0.5, 0.6) is 0 Å². The smallest absolute Gasteiger partial charge is 0.126 e. The summed E-state index contributed by atoms with van der Waals surface area (Å²) in [5.74, 6) is 0.519. The number of rotatable bonds is 2. The van der Waals surface area contributed by atoms with Crippen LogP contribution < -0.4 is 5.73 Å². The molecule has 0 aliphatic rings. The molecular formula is C15H12ClN3. The predicted molar refractivity (Wildman–Crippen MR) is 78.2 cm³/mol. The molecule has 2 heterocycles. The number of benzene rings is 1. The van der Waals surface area contributed by atoms with Crippen molar-refractivity contribution in [3.63, 3.8) is 0 Å². The summed E-state index contributed by atoms with van der Waals surface area (Å²) < 4.78 is 0. The second-order valence-electron chi connectivity index (χ2n) is 4.36. The number of aromatic nitrogens is 2. The molecule has 1 aromatic carbocycles. The third-order valence-corrected chi connectivity index (χ3v) is 3.30. The molecule has 2 N–H and O–H groups in total. The molecular weight excluding hydrogens is 258 g/mol. The molecule has 3 nitrogen and oxygen atoms in total. The van der Waals surface area contributed by atoms with E-state index < -0.39 is 0 Å². The van der Waals surface area contributed by atoms with Crippen LogP contribution >= 0.6 is 11.6 Å². The lowest BCUT2D eigenvalue weighted by atomic mass is 10.0. The normalized spacial score (nSPS) is 10.8. The number of nitrogens with zero attached hydrogens (tertiary/aromatic N) is 2. The first kappa shape index (κ1) is 11.9. The minimum atomic E-state index is 0.519. The third-order valence-electron chi connectivity index (χ3n) is 3.09. The molecule has 0 fully saturated rings. The van der Waals surface area contributed by atoms with Gasteiger partial charge in [-0.15, -0.1) is 0 Å². The van der Waals surface area contributed by atoms with E-state index in [-0.39, 0.29) is 0 Å². The lowest BCUT2D eigenvalue weighted by molar-refractivity contribution is 1.16. The van der Waals surface area contributed by atoms with Crippen molar-refractivity contribution in [1.29, 1.82) is 0 Å². The molecule has 0 saturated heterocycles. The summed E-state index contributed by atoms with van der Waals surface area (Å²) in [6.45, 7) is 0. The monoisotopic (exact) mass is 269 g/mol. The highest BCUT2D eigenvalue weighted by molar-refractivity contribution is 6.30. The molecule has 0 radical (unpaired) electrons. The highest BCUT2D eigenvalue weighted by Gasteiger charge is 2.06. The number of hydrogen-bond donors (Lipinski definition) is 1. The van der Waals surface area contributed by atoms with Crippen molar-refractivity contribution >= 4 is 28.3 Å². The van der Waals surface area contributed by atoms with Crippen molar-refractivity contribution in [2.75, 3.05) is 5.73 Å². The second kappa shape index (κ2) is 4.86. The van der Waals surface area contributed by atoms with E-state index in [2.05, 4.69) is 16.0 Å². The van der Waals surface area contributed by atoms with Crippen LogP contribution in [0.15, 0.2) is 48.8 Å². The van der Waals surface area contributed by atoms with E-state index in [4.69, 9.17) is 17.3 Å². The van der Waals surface area contributed by atoms with Gasteiger partial charge in [0, 0.05) is 29.8 Å². The van der Waals surface area contributed by atoms with Gasteiger partial charge in [-0.2, -0.15) is 0 Å². The van der Waals surface area contributed by atoms with Gasteiger partial charge in [-0.3, -0.25) is 4.98 Å². The van der Waals surface area contributed by atoms with E-state index in [0.29, 0.717) is 17.3 Å². The van der Waals surface area contributed by atoms with E-state index in [1.165, 1.54) is 5.56 Å². The molecule has 0 saturated carbocycles. The van der Waals surface area contributed by atoms with Gasteiger partial charge >= 0.3 is 0 Å². The van der Waals surface area contributed by atoms with Crippen LogP contribution in [0.1, 0.15) is 11.1 Å². The fourth-order valence-corrected chi connectivity index (χ4v) is 2.33. The minimum absolute atomic E-state index is 0.519. The highest BCUT2D eigenvalue weighted by atomic mass is 35.5. The highest BCUT2D eigenvalue weighted by Crippen LogP contribution is 2.23. The summed E-state index contributed by atoms with van der Waals surface area (Å²) in [5.41, 5.74) is 8.98. The van der Waals surface area contributed by atoms with Crippen LogP contribution in [0.2, 0.25) is 5.02 Å². The zero-order valence-electron chi connectivity index (χ0n) is 10.2. The number of nitrogen functional groups attached to an aromatic ring is 1. The SMILES string of the molecule is Nc1ncc(Cl)cc1Cc1ccnc2ccccc12. The molecule has 0 bridgehead atoms. The number of nitrogens with two attached hydrogens (primary N) is 1. The maximum absolute atomic E-state index is 5.97. The van der Waals surface area contributed by atoms with E-state index in [0.717, 1.165) is 16.5 Å². The number of fused-ring (bicyclic) bond motifs is 1. The van der Waals surface area contributed by atoms with Gasteiger partial charge in [-0.1, -0.05) is 29.8 Å². The zero-order valence-corrected chi connectivity index (χ0v) is 10.9. The maximum Gasteiger partial charge on any atom is 0.126 e. The Morgan fingerprint density at radius 3 is 2.79 bits per heavy atom. The van der Waals surface area contributed by atoms with Crippen LogP contribution in [0.3, 0.4) is 0 Å². The standard InChI is InChI=1S/C15H12ClN3/c16-12-8-11(15(17)19-9-12)7-10-5-6-18-14-4-2-1-3-13(10)14/h1-6,8-9H,7H2,(H2,17,19). The molecule has 0 amide bonds. The maximum atomic E-state index is 5.97. The molecule has 3 aromatic rings. The van der Waals surface area contributed by atoms with Crippen molar-refractivity contribution in [3.8, 4) is 0 Å². The number of pyridine rings is 2. The van der Waals surface area contributed by atoms with E-state index in [1.54, 1.807) is 6.20 Å². The number of halogens is 1. The summed E-state index contributed by atoms with van der Waals surface area (Å²) in [6, 6.07) is 11.9. The fourth-order valence-electron chi connectivity index (χ4n) is 2.15. The molecule has 3 rings (SSSR count). The van der Waals surface area contributed by atoms with Crippen LogP contribution in [-0.2, 0) is 6.42 Å². The summed E-state index contributed by atoms with van der Waals surface area (Å²) >= 11 is 5.97. The summed E-state index contributed by atoms with van der Waals surface area (Å²) in [6.07, 6.45) is 4.07. The molecule has 2 aromatic heterocycles. The molecule has 0 atom stereocenters. The Hall–Kier alpha value is -2.13. The first-order valence-electron chi connectivity index (χ1n) is 5.96. The third kappa shape index (κ3) is 2.37. The summed E-state index contributed by atoms with van der Waals surface area (Å²) in [5, 5.41) is 1.73. The van der Waals surface area contributed by atoms with Gasteiger partial charge in [-0.25, -0.2) is 4.98 Å². The van der Waals surface area contributed by atoms with Crippen molar-refractivity contribution in [2.45, 2.75) is 6.42 Å². The van der Waals surface area contributed by atoms with Gasteiger partial charge in [0.25, 0.3) is 0 Å². The topological polar surface area (TPSA) is 51.8 Å². The minimum Gasteiger partial charge on any atom is -0.383 e. The van der Waals surface area contributed by atoms with Gasteiger partial charge in [0.2, 0.25) is 0 Å². The predicted octanol–water partition coefficient (Wildman–Crippen LogP) is 3.46. The molecule has 94 valence electrons. The first-order valence-corrected chi connectivity index (χ1v) is 6.34. The summed E-state index contributed by atoms with van der Waals surface area (Å²) in [7, 11) is 0. The van der Waals surface area contributed by atoms with Crippen molar-refractivity contribution in [3.05, 3.63) is 64.9 Å². The Morgan fingerprint density at radius 1 is 1.05 bits per heavy atom. The van der Waals surface area contributed by atoms with E-state index >= 15 is 0 Å². The van der Waals surface area contributed by atoms with E-state index in [9.17, 15) is 0 Å². The summed E-state index contributed by atoms with van der Waals surface area (Å²) in [4.78, 5) is 8.44. The molecule has 0 aliphatic heterocycles. The van der Waals surface area contributed by atoms with Crippen LogP contribution in [0.25, 0.3) is 10.9 Å². The average Bonchev–Trinajstić information content (AvgIpc) is 2.43. The average molecular weight is 270 g/mol. The van der Waals surface area contributed by atoms with Gasteiger partial charge in [0.15, 0.2) is 0 Å². The van der Waals surface area contributed by atoms with E-state index in [1.807, 2.05) is 36.5 Å². The Kier molecular flexibility index (Phi) is 3.05. The van der Waals surface area contributed by atoms with Gasteiger partial charge < -0.3 is 5.73 Å². The lowest BCUT2D eigenvalue weighted by Gasteiger charge is -2.08. The van der Waals surface area contributed by atoms with Gasteiger partial charge in [-0.05, 0) is 23.8 Å². The number of anilines is 1. The number of para-hydroxylation sites is 1. The van der Waals surface area contributed by atoms with Crippen molar-refractivity contribution in [1.82, 2.24) is 9.97 Å². The van der Waals surface area contributed by atoms with Crippen LogP contribution in [-0.4, -0.2) is 9.97 Å². The van der Waals surface area contributed by atoms with Crippen molar-refractivity contribution in [2.24, 2.45) is 0 Å². The Bertz CT molecular complexity index is 735. The quantitative estimate of drug-likeness (QED) is 0.775. The lowest BCUT2D eigenvalue weighted by Crippen LogP contribution is -1.99. The zero-order chi connectivity index (χ0) is 13.2. The largest absolute Gasteiger partial charge is 0.383 e. The van der Waals surface area contributed by atoms with Crippen LogP contribution in [0, 0.1) is 0 Å². The molecule has 0 aliphatic carbocycles. The molecule has 0 spiro atoms. The van der Waals surface area contributed by atoms with Gasteiger partial charge in [0.05, 0.1) is 10.5 Å². The second-order valence-corrected chi connectivity index (χ2v) is 4.80. The Morgan fingerprint density at radius 2 is 1.89 bits per heavy atom. The molecule has 19 heavy (non-hydrogen) atoms. The fraction of sp³-hybridized carbons (Fsp3) is 0.0667. The van der Waals surface area contributed by atoms with Gasteiger partial charge in [0.1, 0.15) is 5.82 Å². The Balaban J connectivity index is 2.08.